The van der Waals surface area contributed by atoms with E-state index >= 15 is 0 Å². The van der Waals surface area contributed by atoms with Crippen molar-refractivity contribution in [1.82, 2.24) is 5.32 Å². The zero-order chi connectivity index (χ0) is 12.7. The summed E-state index contributed by atoms with van der Waals surface area (Å²) >= 11 is 12.5. The van der Waals surface area contributed by atoms with Crippen LogP contribution in [-0.2, 0) is 4.74 Å². The summed E-state index contributed by atoms with van der Waals surface area (Å²) in [7, 11) is 0. The minimum atomic E-state index is -0.190. The van der Waals surface area contributed by atoms with Crippen LogP contribution in [-0.4, -0.2) is 31.0 Å². The molecule has 6 heteroatoms. The van der Waals surface area contributed by atoms with E-state index in [-0.39, 0.29) is 5.91 Å². The van der Waals surface area contributed by atoms with Gasteiger partial charge in [0.05, 0.1) is 23.8 Å². The first kappa shape index (κ1) is 15.0. The highest BCUT2D eigenvalue weighted by atomic mass is 79.9. The molecule has 0 fully saturated rings. The molecule has 1 amide bonds. The van der Waals surface area contributed by atoms with Gasteiger partial charge in [0, 0.05) is 16.3 Å². The zero-order valence-electron chi connectivity index (χ0n) is 9.01. The summed E-state index contributed by atoms with van der Waals surface area (Å²) in [6.07, 6.45) is 0. The fourth-order valence-electron chi connectivity index (χ4n) is 1.16. The Morgan fingerprint density at radius 1 is 1.41 bits per heavy atom. The summed E-state index contributed by atoms with van der Waals surface area (Å²) in [5, 5.41) is 3.96. The Kier molecular flexibility index (Phi) is 7.11. The number of ether oxygens (including phenoxy) is 1. The maximum Gasteiger partial charge on any atom is 0.252 e. The van der Waals surface area contributed by atoms with E-state index in [1.54, 1.807) is 18.2 Å². The number of benzene rings is 1. The lowest BCUT2D eigenvalue weighted by Gasteiger charge is -2.07. The molecule has 0 saturated carbocycles. The van der Waals surface area contributed by atoms with Crippen molar-refractivity contribution in [2.45, 2.75) is 0 Å². The Morgan fingerprint density at radius 3 is 2.82 bits per heavy atom. The van der Waals surface area contributed by atoms with E-state index in [4.69, 9.17) is 16.3 Å². The standard InChI is InChI=1S/C11H12Br2ClNO2/c12-3-5-17-6-4-15-11(16)9-2-1-8(13)7-10(9)14/h1-2,7H,3-6H2,(H,15,16). The van der Waals surface area contributed by atoms with E-state index in [1.165, 1.54) is 0 Å². The van der Waals surface area contributed by atoms with Crippen molar-refractivity contribution in [2.24, 2.45) is 0 Å². The monoisotopic (exact) mass is 383 g/mol. The highest BCUT2D eigenvalue weighted by molar-refractivity contribution is 9.10. The quantitative estimate of drug-likeness (QED) is 0.603. The molecular weight excluding hydrogens is 373 g/mol. The zero-order valence-corrected chi connectivity index (χ0v) is 12.9. The van der Waals surface area contributed by atoms with Crippen LogP contribution in [0, 0.1) is 0 Å². The predicted molar refractivity (Wildman–Crippen MR) is 76.1 cm³/mol. The van der Waals surface area contributed by atoms with Gasteiger partial charge in [-0.25, -0.2) is 0 Å². The number of hydrogen-bond donors (Lipinski definition) is 1. The molecule has 0 aliphatic carbocycles. The van der Waals surface area contributed by atoms with Crippen LogP contribution in [0.15, 0.2) is 22.7 Å². The largest absolute Gasteiger partial charge is 0.379 e. The van der Waals surface area contributed by atoms with E-state index in [2.05, 4.69) is 37.2 Å². The van der Waals surface area contributed by atoms with Crippen LogP contribution in [0.4, 0.5) is 0 Å². The normalized spacial score (nSPS) is 10.3. The van der Waals surface area contributed by atoms with E-state index in [0.29, 0.717) is 30.3 Å². The van der Waals surface area contributed by atoms with Gasteiger partial charge in [-0.2, -0.15) is 0 Å². The number of hydrogen-bond acceptors (Lipinski definition) is 2. The van der Waals surface area contributed by atoms with Gasteiger partial charge in [0.25, 0.3) is 5.91 Å². The van der Waals surface area contributed by atoms with Gasteiger partial charge in [-0.3, -0.25) is 4.79 Å². The SMILES string of the molecule is O=C(NCCOCCBr)c1ccc(Br)cc1Cl. The molecule has 1 aromatic rings. The smallest absolute Gasteiger partial charge is 0.252 e. The molecule has 0 atom stereocenters. The van der Waals surface area contributed by atoms with Crippen LogP contribution in [0.1, 0.15) is 10.4 Å². The molecule has 0 saturated heterocycles. The molecule has 0 heterocycles. The number of alkyl halides is 1. The summed E-state index contributed by atoms with van der Waals surface area (Å²) in [4.78, 5) is 11.7. The summed E-state index contributed by atoms with van der Waals surface area (Å²) in [6, 6.07) is 5.15. The average Bonchev–Trinajstić information content (AvgIpc) is 2.28. The Bertz CT molecular complexity index is 388. The number of amides is 1. The molecule has 94 valence electrons. The molecular formula is C11H12Br2ClNO2. The van der Waals surface area contributed by atoms with Crippen LogP contribution in [0.25, 0.3) is 0 Å². The van der Waals surface area contributed by atoms with Gasteiger partial charge in [-0.05, 0) is 18.2 Å². The third kappa shape index (κ3) is 5.38. The lowest BCUT2D eigenvalue weighted by Crippen LogP contribution is -2.27. The number of halogens is 3. The minimum absolute atomic E-state index is 0.190. The Labute approximate surface area is 122 Å². The fourth-order valence-corrected chi connectivity index (χ4v) is 2.15. The summed E-state index contributed by atoms with van der Waals surface area (Å²) < 4.78 is 6.06. The van der Waals surface area contributed by atoms with Crippen molar-refractivity contribution < 1.29 is 9.53 Å². The van der Waals surface area contributed by atoms with E-state index in [9.17, 15) is 4.79 Å². The third-order valence-electron chi connectivity index (χ3n) is 1.93. The first-order valence-electron chi connectivity index (χ1n) is 5.02. The molecule has 0 unspecified atom stereocenters. The highest BCUT2D eigenvalue weighted by Gasteiger charge is 2.09. The molecule has 0 aliphatic heterocycles. The molecule has 0 spiro atoms. The molecule has 0 bridgehead atoms. The molecule has 1 aromatic carbocycles. The lowest BCUT2D eigenvalue weighted by atomic mass is 10.2. The molecule has 3 nitrogen and oxygen atoms in total. The van der Waals surface area contributed by atoms with Crippen molar-refractivity contribution in [3.05, 3.63) is 33.3 Å². The molecule has 0 radical (unpaired) electrons. The summed E-state index contributed by atoms with van der Waals surface area (Å²) in [5.41, 5.74) is 0.468. The maximum absolute atomic E-state index is 11.7. The Balaban J connectivity index is 2.42. The van der Waals surface area contributed by atoms with E-state index < -0.39 is 0 Å². The van der Waals surface area contributed by atoms with Crippen molar-refractivity contribution in [3.63, 3.8) is 0 Å². The van der Waals surface area contributed by atoms with Crippen molar-refractivity contribution >= 4 is 49.4 Å². The first-order chi connectivity index (χ1) is 8.15. The van der Waals surface area contributed by atoms with Crippen LogP contribution in [0.3, 0.4) is 0 Å². The summed E-state index contributed by atoms with van der Waals surface area (Å²) in [6.45, 7) is 1.60. The predicted octanol–water partition coefficient (Wildman–Crippen LogP) is 3.24. The van der Waals surface area contributed by atoms with Gasteiger partial charge in [-0.15, -0.1) is 0 Å². The molecule has 0 aliphatic rings. The van der Waals surface area contributed by atoms with E-state index in [0.717, 1.165) is 9.80 Å². The van der Waals surface area contributed by atoms with Crippen LogP contribution in [0.5, 0.6) is 0 Å². The number of nitrogens with one attached hydrogen (secondary N) is 1. The van der Waals surface area contributed by atoms with Crippen LogP contribution < -0.4 is 5.32 Å². The molecule has 1 rings (SSSR count). The highest BCUT2D eigenvalue weighted by Crippen LogP contribution is 2.21. The van der Waals surface area contributed by atoms with Gasteiger partial charge < -0.3 is 10.1 Å². The fraction of sp³-hybridized carbons (Fsp3) is 0.364. The van der Waals surface area contributed by atoms with Crippen LogP contribution in [0.2, 0.25) is 5.02 Å². The average molecular weight is 385 g/mol. The third-order valence-corrected chi connectivity index (χ3v) is 3.06. The number of carbonyl (C=O) groups excluding carboxylic acids is 1. The van der Waals surface area contributed by atoms with Crippen LogP contribution >= 0.6 is 43.5 Å². The van der Waals surface area contributed by atoms with Gasteiger partial charge in [0.1, 0.15) is 0 Å². The Hall–Kier alpha value is -0.100. The van der Waals surface area contributed by atoms with Crippen molar-refractivity contribution in [3.8, 4) is 0 Å². The lowest BCUT2D eigenvalue weighted by molar-refractivity contribution is 0.0924. The molecule has 17 heavy (non-hydrogen) atoms. The minimum Gasteiger partial charge on any atom is -0.379 e. The molecule has 0 aromatic heterocycles. The maximum atomic E-state index is 11.7. The summed E-state index contributed by atoms with van der Waals surface area (Å²) in [5.74, 6) is -0.190. The van der Waals surface area contributed by atoms with E-state index in [1.807, 2.05) is 0 Å². The Morgan fingerprint density at radius 2 is 2.18 bits per heavy atom. The van der Waals surface area contributed by atoms with Gasteiger partial charge in [0.2, 0.25) is 0 Å². The van der Waals surface area contributed by atoms with Gasteiger partial charge in [-0.1, -0.05) is 43.5 Å². The topological polar surface area (TPSA) is 38.3 Å². The van der Waals surface area contributed by atoms with Gasteiger partial charge in [0.15, 0.2) is 0 Å². The van der Waals surface area contributed by atoms with Crippen molar-refractivity contribution in [1.29, 1.82) is 0 Å². The molecule has 1 N–H and O–H groups in total. The second-order valence-corrected chi connectivity index (χ2v) is 5.30. The second-order valence-electron chi connectivity index (χ2n) is 3.18. The second kappa shape index (κ2) is 8.08. The van der Waals surface area contributed by atoms with Gasteiger partial charge >= 0.3 is 0 Å². The van der Waals surface area contributed by atoms with Crippen molar-refractivity contribution in [2.75, 3.05) is 25.1 Å². The first-order valence-corrected chi connectivity index (χ1v) is 7.31. The number of carbonyl (C=O) groups is 1. The number of rotatable bonds is 6.